The van der Waals surface area contributed by atoms with Gasteiger partial charge in [-0.25, -0.2) is 9.37 Å². The lowest BCUT2D eigenvalue weighted by Gasteiger charge is -2.27. The Hall–Kier alpha value is -2.01. The molecule has 148 valence electrons. The van der Waals surface area contributed by atoms with Gasteiger partial charge in [-0.15, -0.1) is 5.10 Å². The molecule has 1 aliphatic heterocycles. The van der Waals surface area contributed by atoms with Gasteiger partial charge in [-0.2, -0.15) is 0 Å². The summed E-state index contributed by atoms with van der Waals surface area (Å²) in [7, 11) is 0. The summed E-state index contributed by atoms with van der Waals surface area (Å²) in [6, 6.07) is 4.47. The zero-order valence-corrected chi connectivity index (χ0v) is 17.1. The monoisotopic (exact) mass is 421 g/mol. The van der Waals surface area contributed by atoms with E-state index in [-0.39, 0.29) is 11.7 Å². The second-order valence-corrected chi connectivity index (χ2v) is 8.32. The molecule has 4 rings (SSSR count). The van der Waals surface area contributed by atoms with Gasteiger partial charge in [0.25, 0.3) is 5.91 Å². The van der Waals surface area contributed by atoms with Gasteiger partial charge in [0.1, 0.15) is 10.7 Å². The average Bonchev–Trinajstić information content (AvgIpc) is 3.31. The fourth-order valence-electron chi connectivity index (χ4n) is 3.11. The van der Waals surface area contributed by atoms with Gasteiger partial charge in [0.05, 0.1) is 29.1 Å². The van der Waals surface area contributed by atoms with E-state index in [2.05, 4.69) is 19.5 Å². The molecular weight excluding hydrogens is 401 g/mol. The molecule has 0 atom stereocenters. The molecule has 7 nitrogen and oxygen atoms in total. The predicted molar refractivity (Wildman–Crippen MR) is 108 cm³/mol. The van der Waals surface area contributed by atoms with Gasteiger partial charge in [-0.3, -0.25) is 14.6 Å². The molecule has 0 N–H and O–H groups in total. The molecular formula is C18H20FN5O2S2. The number of nitrogens with zero attached hydrogens (tertiary/aromatic N) is 5. The number of morpholine rings is 1. The highest BCUT2D eigenvalue weighted by atomic mass is 32.1. The number of aryl methyl sites for hydroxylation is 1. The highest BCUT2D eigenvalue weighted by Gasteiger charge is 2.25. The fraction of sp³-hybridized carbons (Fsp3) is 0.444. The number of rotatable bonds is 6. The van der Waals surface area contributed by atoms with Gasteiger partial charge in [0, 0.05) is 26.2 Å². The van der Waals surface area contributed by atoms with Crippen LogP contribution in [-0.2, 0) is 4.74 Å². The Balaban J connectivity index is 1.56. The Bertz CT molecular complexity index is 970. The van der Waals surface area contributed by atoms with Crippen molar-refractivity contribution in [1.82, 2.24) is 19.5 Å². The van der Waals surface area contributed by atoms with Crippen LogP contribution >= 0.6 is 22.9 Å². The minimum Gasteiger partial charge on any atom is -0.379 e. The van der Waals surface area contributed by atoms with Crippen molar-refractivity contribution in [3.05, 3.63) is 34.6 Å². The Morgan fingerprint density at radius 3 is 2.93 bits per heavy atom. The molecule has 0 spiro atoms. The van der Waals surface area contributed by atoms with E-state index < -0.39 is 0 Å². The summed E-state index contributed by atoms with van der Waals surface area (Å²) in [5, 5.41) is 4.52. The molecule has 3 heterocycles. The van der Waals surface area contributed by atoms with Gasteiger partial charge in [0.2, 0.25) is 0 Å². The van der Waals surface area contributed by atoms with Crippen LogP contribution in [0.3, 0.4) is 0 Å². The first-order chi connectivity index (χ1) is 13.6. The normalized spacial score (nSPS) is 15.2. The standard InChI is InChI=1S/C18H20FN5O2S2/c1-12-16(28-22-21-12)17(25)24(6-2-5-23-7-9-26-10-8-23)18-20-14-4-3-13(19)11-15(14)27-18/h3-4,11H,2,5-10H2,1H3. The SMILES string of the molecule is Cc1nnsc1C(=O)N(CCCN1CCOCC1)c1nc2ccc(F)cc2s1. The maximum atomic E-state index is 13.6. The number of halogens is 1. The van der Waals surface area contributed by atoms with Crippen LogP contribution in [0.2, 0.25) is 0 Å². The summed E-state index contributed by atoms with van der Waals surface area (Å²) in [4.78, 5) is 22.3. The summed E-state index contributed by atoms with van der Waals surface area (Å²) in [6.45, 7) is 6.49. The first-order valence-electron chi connectivity index (χ1n) is 9.09. The minimum atomic E-state index is -0.310. The average molecular weight is 422 g/mol. The number of anilines is 1. The molecule has 1 aliphatic rings. The molecule has 0 bridgehead atoms. The van der Waals surface area contributed by atoms with Gasteiger partial charge in [-0.1, -0.05) is 15.8 Å². The fourth-order valence-corrected chi connectivity index (χ4v) is 4.73. The molecule has 0 aliphatic carbocycles. The van der Waals surface area contributed by atoms with E-state index in [9.17, 15) is 9.18 Å². The Morgan fingerprint density at radius 1 is 1.36 bits per heavy atom. The molecule has 1 saturated heterocycles. The molecule has 0 saturated carbocycles. The molecule has 2 aromatic heterocycles. The summed E-state index contributed by atoms with van der Waals surface area (Å²) in [6.07, 6.45) is 0.807. The van der Waals surface area contributed by atoms with E-state index in [4.69, 9.17) is 4.74 Å². The van der Waals surface area contributed by atoms with Crippen LogP contribution in [0.15, 0.2) is 18.2 Å². The molecule has 0 radical (unpaired) electrons. The third-order valence-electron chi connectivity index (χ3n) is 4.62. The van der Waals surface area contributed by atoms with Gasteiger partial charge in [0.15, 0.2) is 5.13 Å². The van der Waals surface area contributed by atoms with Crippen LogP contribution in [0.25, 0.3) is 10.2 Å². The van der Waals surface area contributed by atoms with E-state index >= 15 is 0 Å². The highest BCUT2D eigenvalue weighted by Crippen LogP contribution is 2.31. The number of benzene rings is 1. The molecule has 0 unspecified atom stereocenters. The van der Waals surface area contributed by atoms with Crippen LogP contribution in [0.5, 0.6) is 0 Å². The van der Waals surface area contributed by atoms with Crippen molar-refractivity contribution < 1.29 is 13.9 Å². The summed E-state index contributed by atoms with van der Waals surface area (Å²) < 4.78 is 23.5. The predicted octanol–water partition coefficient (Wildman–Crippen LogP) is 2.96. The van der Waals surface area contributed by atoms with E-state index in [0.29, 0.717) is 27.8 Å². The maximum Gasteiger partial charge on any atom is 0.273 e. The number of carbonyl (C=O) groups excluding carboxylic acids is 1. The Morgan fingerprint density at radius 2 is 2.18 bits per heavy atom. The summed E-state index contributed by atoms with van der Waals surface area (Å²) in [5.74, 6) is -0.468. The first-order valence-corrected chi connectivity index (χ1v) is 10.7. The quantitative estimate of drug-likeness (QED) is 0.609. The molecule has 28 heavy (non-hydrogen) atoms. The van der Waals surface area contributed by atoms with Gasteiger partial charge < -0.3 is 4.74 Å². The van der Waals surface area contributed by atoms with Crippen LogP contribution in [-0.4, -0.2) is 64.8 Å². The summed E-state index contributed by atoms with van der Waals surface area (Å²) >= 11 is 2.41. The highest BCUT2D eigenvalue weighted by molar-refractivity contribution is 7.22. The third-order valence-corrected chi connectivity index (χ3v) is 6.48. The zero-order valence-electron chi connectivity index (χ0n) is 15.4. The summed E-state index contributed by atoms with van der Waals surface area (Å²) in [5.41, 5.74) is 1.30. The lowest BCUT2D eigenvalue weighted by molar-refractivity contribution is 0.0376. The number of carbonyl (C=O) groups is 1. The number of hydrogen-bond acceptors (Lipinski definition) is 8. The number of aromatic nitrogens is 3. The van der Waals surface area contributed by atoms with Crippen molar-refractivity contribution in [2.24, 2.45) is 0 Å². The lowest BCUT2D eigenvalue weighted by atomic mass is 10.3. The number of thiazole rings is 1. The molecule has 1 fully saturated rings. The minimum absolute atomic E-state index is 0.158. The number of fused-ring (bicyclic) bond motifs is 1. The van der Waals surface area contributed by atoms with E-state index in [1.807, 2.05) is 0 Å². The second kappa shape index (κ2) is 8.56. The first kappa shape index (κ1) is 19.3. The number of ether oxygens (including phenoxy) is 1. The van der Waals surface area contributed by atoms with E-state index in [1.165, 1.54) is 23.5 Å². The van der Waals surface area contributed by atoms with Crippen molar-refractivity contribution in [2.75, 3.05) is 44.3 Å². The molecule has 3 aromatic rings. The molecule has 10 heteroatoms. The lowest BCUT2D eigenvalue weighted by Crippen LogP contribution is -2.39. The van der Waals surface area contributed by atoms with Crippen LogP contribution in [0.4, 0.5) is 9.52 Å². The van der Waals surface area contributed by atoms with Crippen LogP contribution < -0.4 is 4.90 Å². The van der Waals surface area contributed by atoms with Gasteiger partial charge >= 0.3 is 0 Å². The second-order valence-electron chi connectivity index (χ2n) is 6.56. The molecule has 1 aromatic carbocycles. The molecule has 1 amide bonds. The number of amides is 1. The van der Waals surface area contributed by atoms with Crippen molar-refractivity contribution in [3.63, 3.8) is 0 Å². The van der Waals surface area contributed by atoms with Crippen molar-refractivity contribution in [2.45, 2.75) is 13.3 Å². The maximum absolute atomic E-state index is 13.6. The largest absolute Gasteiger partial charge is 0.379 e. The Kier molecular flexibility index (Phi) is 5.90. The van der Waals surface area contributed by atoms with Crippen molar-refractivity contribution in [3.8, 4) is 0 Å². The smallest absolute Gasteiger partial charge is 0.273 e. The number of hydrogen-bond donors (Lipinski definition) is 0. The van der Waals surface area contributed by atoms with Crippen LogP contribution in [0, 0.1) is 12.7 Å². The van der Waals surface area contributed by atoms with Crippen LogP contribution in [0.1, 0.15) is 21.8 Å². The van der Waals surface area contributed by atoms with E-state index in [0.717, 1.165) is 55.5 Å². The topological polar surface area (TPSA) is 71.5 Å². The van der Waals surface area contributed by atoms with Crippen molar-refractivity contribution in [1.29, 1.82) is 0 Å². The van der Waals surface area contributed by atoms with Crippen molar-refractivity contribution >= 4 is 44.1 Å². The Labute approximate surface area is 169 Å². The van der Waals surface area contributed by atoms with E-state index in [1.54, 1.807) is 17.9 Å². The van der Waals surface area contributed by atoms with Gasteiger partial charge in [-0.05, 0) is 43.1 Å². The zero-order chi connectivity index (χ0) is 19.5. The third kappa shape index (κ3) is 4.19.